The fraction of sp³-hybridized carbons (Fsp3) is 0.500. The number of rotatable bonds is 3. The van der Waals surface area contributed by atoms with E-state index in [0.29, 0.717) is 0 Å². The third kappa shape index (κ3) is 2.13. The summed E-state index contributed by atoms with van der Waals surface area (Å²) in [5.74, 6) is -0.136. The molecule has 0 saturated heterocycles. The Kier molecular flexibility index (Phi) is 2.31. The van der Waals surface area contributed by atoms with Crippen molar-refractivity contribution in [2.75, 3.05) is 0 Å². The van der Waals surface area contributed by atoms with Crippen molar-refractivity contribution < 1.29 is 4.39 Å². The van der Waals surface area contributed by atoms with E-state index in [-0.39, 0.29) is 11.4 Å². The molecule has 1 aromatic rings. The second-order valence-electron chi connectivity index (χ2n) is 4.36. The number of benzene rings is 1. The predicted octanol–water partition coefficient (Wildman–Crippen LogP) is 2.42. The molecule has 0 unspecified atom stereocenters. The molecule has 1 nitrogen and oxygen atoms in total. The number of hydrogen-bond donors (Lipinski definition) is 1. The fourth-order valence-electron chi connectivity index (χ4n) is 1.77. The van der Waals surface area contributed by atoms with Crippen molar-refractivity contribution in [3.8, 4) is 0 Å². The molecule has 2 heteroatoms. The number of aryl methyl sites for hydroxylation is 1. The van der Waals surface area contributed by atoms with Gasteiger partial charge in [0.15, 0.2) is 0 Å². The molecule has 0 amide bonds. The first-order valence-corrected chi connectivity index (χ1v) is 5.18. The van der Waals surface area contributed by atoms with Gasteiger partial charge in [-0.25, -0.2) is 4.39 Å². The summed E-state index contributed by atoms with van der Waals surface area (Å²) in [6.07, 6.45) is 3.84. The smallest absolute Gasteiger partial charge is 0.123 e. The Morgan fingerprint density at radius 3 is 2.50 bits per heavy atom. The highest BCUT2D eigenvalue weighted by Gasteiger charge is 2.37. The monoisotopic (exact) mass is 193 g/mol. The molecule has 1 aromatic carbocycles. The highest BCUT2D eigenvalue weighted by molar-refractivity contribution is 5.27. The Labute approximate surface area is 84.1 Å². The summed E-state index contributed by atoms with van der Waals surface area (Å²) in [5.41, 5.74) is 8.07. The van der Waals surface area contributed by atoms with Crippen molar-refractivity contribution in [3.63, 3.8) is 0 Å². The van der Waals surface area contributed by atoms with Crippen LogP contribution >= 0.6 is 0 Å². The van der Waals surface area contributed by atoms with Gasteiger partial charge in [-0.3, -0.25) is 0 Å². The highest BCUT2D eigenvalue weighted by Crippen LogP contribution is 2.35. The quantitative estimate of drug-likeness (QED) is 0.783. The van der Waals surface area contributed by atoms with Gasteiger partial charge in [0.2, 0.25) is 0 Å². The van der Waals surface area contributed by atoms with Crippen molar-refractivity contribution in [1.29, 1.82) is 0 Å². The summed E-state index contributed by atoms with van der Waals surface area (Å²) < 4.78 is 13.2. The van der Waals surface area contributed by atoms with Crippen molar-refractivity contribution in [1.82, 2.24) is 0 Å². The van der Waals surface area contributed by atoms with Gasteiger partial charge in [0.25, 0.3) is 0 Å². The highest BCUT2D eigenvalue weighted by atomic mass is 19.1. The zero-order valence-corrected chi connectivity index (χ0v) is 8.52. The SMILES string of the molecule is CCc1cc(F)cc(CC2(N)CC2)c1. The molecule has 1 aliphatic carbocycles. The Bertz CT molecular complexity index is 342. The van der Waals surface area contributed by atoms with Crippen molar-refractivity contribution >= 4 is 0 Å². The molecule has 0 bridgehead atoms. The minimum atomic E-state index is -0.136. The van der Waals surface area contributed by atoms with Gasteiger partial charge in [-0.2, -0.15) is 0 Å². The first-order valence-electron chi connectivity index (χ1n) is 5.18. The number of hydrogen-bond acceptors (Lipinski definition) is 1. The Balaban J connectivity index is 2.20. The molecular weight excluding hydrogens is 177 g/mol. The lowest BCUT2D eigenvalue weighted by Crippen LogP contribution is -2.24. The van der Waals surface area contributed by atoms with Gasteiger partial charge in [-0.1, -0.05) is 13.0 Å². The van der Waals surface area contributed by atoms with Crippen LogP contribution in [0.5, 0.6) is 0 Å². The lowest BCUT2D eigenvalue weighted by Gasteiger charge is -2.09. The number of halogens is 1. The molecule has 0 radical (unpaired) electrons. The summed E-state index contributed by atoms with van der Waals surface area (Å²) in [4.78, 5) is 0. The van der Waals surface area contributed by atoms with Crippen molar-refractivity contribution in [3.05, 3.63) is 35.1 Å². The van der Waals surface area contributed by atoms with Crippen LogP contribution in [0, 0.1) is 5.82 Å². The van der Waals surface area contributed by atoms with Crippen LogP contribution < -0.4 is 5.73 Å². The van der Waals surface area contributed by atoms with Crippen LogP contribution in [0.2, 0.25) is 0 Å². The Hall–Kier alpha value is -0.890. The predicted molar refractivity (Wildman–Crippen MR) is 55.6 cm³/mol. The van der Waals surface area contributed by atoms with Crippen LogP contribution in [0.1, 0.15) is 30.9 Å². The van der Waals surface area contributed by atoms with Gasteiger partial charge in [-0.15, -0.1) is 0 Å². The Morgan fingerprint density at radius 1 is 1.29 bits per heavy atom. The van der Waals surface area contributed by atoms with Gasteiger partial charge < -0.3 is 5.73 Å². The van der Waals surface area contributed by atoms with Gasteiger partial charge in [0.1, 0.15) is 5.82 Å². The summed E-state index contributed by atoms with van der Waals surface area (Å²) in [6, 6.07) is 5.27. The topological polar surface area (TPSA) is 26.0 Å². The lowest BCUT2D eigenvalue weighted by atomic mass is 10.0. The van der Waals surface area contributed by atoms with E-state index < -0.39 is 0 Å². The molecule has 1 saturated carbocycles. The third-order valence-corrected chi connectivity index (χ3v) is 2.87. The first-order chi connectivity index (χ1) is 6.61. The van der Waals surface area contributed by atoms with E-state index in [4.69, 9.17) is 5.73 Å². The summed E-state index contributed by atoms with van der Waals surface area (Å²) >= 11 is 0. The molecule has 0 aromatic heterocycles. The summed E-state index contributed by atoms with van der Waals surface area (Å²) in [6.45, 7) is 2.04. The van der Waals surface area contributed by atoms with Crippen LogP contribution in [-0.2, 0) is 12.8 Å². The zero-order valence-electron chi connectivity index (χ0n) is 8.52. The molecule has 0 heterocycles. The molecular formula is C12H16FN. The molecule has 2 rings (SSSR count). The summed E-state index contributed by atoms with van der Waals surface area (Å²) in [7, 11) is 0. The number of nitrogens with two attached hydrogens (primary N) is 1. The maximum Gasteiger partial charge on any atom is 0.123 e. The lowest BCUT2D eigenvalue weighted by molar-refractivity contribution is 0.615. The van der Waals surface area contributed by atoms with Gasteiger partial charge >= 0.3 is 0 Å². The molecule has 1 aliphatic rings. The minimum Gasteiger partial charge on any atom is -0.325 e. The normalized spacial score (nSPS) is 18.2. The van der Waals surface area contributed by atoms with Crippen LogP contribution in [0.4, 0.5) is 4.39 Å². The molecule has 76 valence electrons. The molecule has 1 fully saturated rings. The van der Waals surface area contributed by atoms with Crippen LogP contribution in [0.25, 0.3) is 0 Å². The average molecular weight is 193 g/mol. The van der Waals surface area contributed by atoms with Crippen LogP contribution in [0.15, 0.2) is 18.2 Å². The van der Waals surface area contributed by atoms with E-state index in [1.807, 2.05) is 6.92 Å². The fourth-order valence-corrected chi connectivity index (χ4v) is 1.77. The zero-order chi connectivity index (χ0) is 10.2. The maximum atomic E-state index is 13.2. The second kappa shape index (κ2) is 3.35. The van der Waals surface area contributed by atoms with E-state index in [2.05, 4.69) is 6.07 Å². The molecule has 0 spiro atoms. The maximum absolute atomic E-state index is 13.2. The van der Waals surface area contributed by atoms with E-state index in [0.717, 1.165) is 36.8 Å². The standard InChI is InChI=1S/C12H16FN/c1-2-9-5-10(7-11(13)6-9)8-12(14)3-4-12/h5-7H,2-4,8,14H2,1H3. The average Bonchev–Trinajstić information content (AvgIpc) is 2.82. The molecule has 0 atom stereocenters. The molecule has 0 aliphatic heterocycles. The minimum absolute atomic E-state index is 0.0290. The van der Waals surface area contributed by atoms with E-state index in [1.54, 1.807) is 12.1 Å². The first kappa shape index (κ1) is 9.66. The molecule has 14 heavy (non-hydrogen) atoms. The van der Waals surface area contributed by atoms with E-state index in [9.17, 15) is 4.39 Å². The van der Waals surface area contributed by atoms with Crippen molar-refractivity contribution in [2.45, 2.75) is 38.1 Å². The summed E-state index contributed by atoms with van der Waals surface area (Å²) in [5, 5.41) is 0. The Morgan fingerprint density at radius 2 is 1.93 bits per heavy atom. The van der Waals surface area contributed by atoms with E-state index in [1.165, 1.54) is 0 Å². The van der Waals surface area contributed by atoms with Gasteiger partial charge in [0, 0.05) is 5.54 Å². The van der Waals surface area contributed by atoms with Gasteiger partial charge in [0.05, 0.1) is 0 Å². The second-order valence-corrected chi connectivity index (χ2v) is 4.36. The largest absolute Gasteiger partial charge is 0.325 e. The molecule has 2 N–H and O–H groups in total. The van der Waals surface area contributed by atoms with Crippen LogP contribution in [0.3, 0.4) is 0 Å². The van der Waals surface area contributed by atoms with Crippen LogP contribution in [-0.4, -0.2) is 5.54 Å². The van der Waals surface area contributed by atoms with Gasteiger partial charge in [-0.05, 0) is 48.9 Å². The van der Waals surface area contributed by atoms with Crippen molar-refractivity contribution in [2.24, 2.45) is 5.73 Å². The third-order valence-electron chi connectivity index (χ3n) is 2.87. The van der Waals surface area contributed by atoms with E-state index >= 15 is 0 Å².